The van der Waals surface area contributed by atoms with E-state index >= 15 is 0 Å². The Kier molecular flexibility index (Phi) is 3.29. The molecule has 0 fully saturated rings. The Morgan fingerprint density at radius 1 is 1.33 bits per heavy atom. The molecule has 3 rings (SSSR count). The van der Waals surface area contributed by atoms with Crippen LogP contribution in [0.4, 0.5) is 11.4 Å². The van der Waals surface area contributed by atoms with Gasteiger partial charge in [0.25, 0.3) is 5.91 Å². The Balaban J connectivity index is 1.90. The van der Waals surface area contributed by atoms with Gasteiger partial charge in [0.1, 0.15) is 0 Å². The minimum atomic E-state index is -0.0436. The molecule has 21 heavy (non-hydrogen) atoms. The van der Waals surface area contributed by atoms with E-state index in [9.17, 15) is 4.79 Å². The van der Waals surface area contributed by atoms with Gasteiger partial charge in [-0.2, -0.15) is 0 Å². The van der Waals surface area contributed by atoms with Crippen molar-refractivity contribution in [2.45, 2.75) is 32.2 Å². The molecule has 0 saturated heterocycles. The summed E-state index contributed by atoms with van der Waals surface area (Å²) in [5.41, 5.74) is 3.52. The highest BCUT2D eigenvalue weighted by Gasteiger charge is 2.40. The Morgan fingerprint density at radius 3 is 2.76 bits per heavy atom. The lowest BCUT2D eigenvalue weighted by molar-refractivity contribution is 0.103. The standard InChI is InChI=1S/C17H20N2OS/c1-11-17(2,3)13-8-7-12(10-14(13)19(11)4)18-16(20)15-6-5-9-21-15/h5-11H,1-4H3,(H,18,20)/t11-/m1/s1. The molecule has 2 aromatic rings. The second-order valence-electron chi connectivity index (χ2n) is 6.17. The molecule has 2 heterocycles. The zero-order valence-electron chi connectivity index (χ0n) is 12.8. The number of nitrogens with zero attached hydrogens (tertiary/aromatic N) is 1. The third-order valence-electron chi connectivity index (χ3n) is 4.70. The molecule has 1 N–H and O–H groups in total. The minimum absolute atomic E-state index is 0.0436. The van der Waals surface area contributed by atoms with Gasteiger partial charge in [0.2, 0.25) is 0 Å². The van der Waals surface area contributed by atoms with Gasteiger partial charge in [-0.25, -0.2) is 0 Å². The largest absolute Gasteiger partial charge is 0.371 e. The summed E-state index contributed by atoms with van der Waals surface area (Å²) in [4.78, 5) is 15.2. The molecule has 3 nitrogen and oxygen atoms in total. The summed E-state index contributed by atoms with van der Waals surface area (Å²) >= 11 is 1.45. The van der Waals surface area contributed by atoms with Crippen molar-refractivity contribution in [2.24, 2.45) is 0 Å². The normalized spacial score (nSPS) is 19.4. The van der Waals surface area contributed by atoms with E-state index in [1.807, 2.05) is 23.6 Å². The van der Waals surface area contributed by atoms with Crippen molar-refractivity contribution in [3.05, 3.63) is 46.2 Å². The van der Waals surface area contributed by atoms with E-state index in [1.54, 1.807) is 0 Å². The highest BCUT2D eigenvalue weighted by Crippen LogP contribution is 2.45. The van der Waals surface area contributed by atoms with E-state index in [0.717, 1.165) is 10.6 Å². The number of rotatable bonds is 2. The average Bonchev–Trinajstić information content (AvgIpc) is 3.04. The highest BCUT2D eigenvalue weighted by molar-refractivity contribution is 7.12. The van der Waals surface area contributed by atoms with Gasteiger partial charge in [0.05, 0.1) is 4.88 Å². The predicted octanol–water partition coefficient (Wildman–Crippen LogP) is 4.12. The number of nitrogens with one attached hydrogen (secondary N) is 1. The molecule has 0 aliphatic carbocycles. The van der Waals surface area contributed by atoms with Crippen LogP contribution in [-0.4, -0.2) is 19.0 Å². The molecule has 4 heteroatoms. The molecule has 1 amide bonds. The topological polar surface area (TPSA) is 32.3 Å². The van der Waals surface area contributed by atoms with Crippen LogP contribution in [0.3, 0.4) is 0 Å². The van der Waals surface area contributed by atoms with Crippen molar-refractivity contribution in [1.82, 2.24) is 0 Å². The Hall–Kier alpha value is -1.81. The smallest absolute Gasteiger partial charge is 0.265 e. The summed E-state index contributed by atoms with van der Waals surface area (Å²) in [6.45, 7) is 6.78. The van der Waals surface area contributed by atoms with Gasteiger partial charge in [-0.15, -0.1) is 11.3 Å². The molecule has 0 unspecified atom stereocenters. The van der Waals surface area contributed by atoms with Gasteiger partial charge < -0.3 is 10.2 Å². The van der Waals surface area contributed by atoms with Crippen LogP contribution in [0.2, 0.25) is 0 Å². The van der Waals surface area contributed by atoms with Crippen molar-refractivity contribution >= 4 is 28.6 Å². The van der Waals surface area contributed by atoms with Crippen LogP contribution >= 0.6 is 11.3 Å². The van der Waals surface area contributed by atoms with Crippen LogP contribution in [0, 0.1) is 0 Å². The van der Waals surface area contributed by atoms with Gasteiger partial charge in [-0.05, 0) is 36.1 Å². The van der Waals surface area contributed by atoms with Crippen LogP contribution < -0.4 is 10.2 Å². The van der Waals surface area contributed by atoms with Gasteiger partial charge in [0.15, 0.2) is 0 Å². The number of carbonyl (C=O) groups excluding carboxylic acids is 1. The molecular formula is C17H20N2OS. The quantitative estimate of drug-likeness (QED) is 0.905. The lowest BCUT2D eigenvalue weighted by Gasteiger charge is -2.28. The fraction of sp³-hybridized carbons (Fsp3) is 0.353. The first-order valence-corrected chi connectivity index (χ1v) is 8.01. The maximum Gasteiger partial charge on any atom is 0.265 e. The lowest BCUT2D eigenvalue weighted by Crippen LogP contribution is -2.36. The van der Waals surface area contributed by atoms with Crippen molar-refractivity contribution in [3.8, 4) is 0 Å². The van der Waals surface area contributed by atoms with Crippen molar-refractivity contribution < 1.29 is 4.79 Å². The summed E-state index contributed by atoms with van der Waals surface area (Å²) in [5, 5.41) is 4.89. The Bertz CT molecular complexity index is 676. The van der Waals surface area contributed by atoms with Crippen LogP contribution in [0.25, 0.3) is 0 Å². The predicted molar refractivity (Wildman–Crippen MR) is 89.6 cm³/mol. The van der Waals surface area contributed by atoms with E-state index in [0.29, 0.717) is 6.04 Å². The van der Waals surface area contributed by atoms with Gasteiger partial charge in [0, 0.05) is 29.9 Å². The molecule has 0 saturated carbocycles. The number of hydrogen-bond donors (Lipinski definition) is 1. The summed E-state index contributed by atoms with van der Waals surface area (Å²) in [6.07, 6.45) is 0. The maximum absolute atomic E-state index is 12.1. The number of benzene rings is 1. The molecule has 0 radical (unpaired) electrons. The molecular weight excluding hydrogens is 280 g/mol. The fourth-order valence-electron chi connectivity index (χ4n) is 2.96. The van der Waals surface area contributed by atoms with Crippen LogP contribution in [0.1, 0.15) is 36.0 Å². The Morgan fingerprint density at radius 2 is 2.10 bits per heavy atom. The average molecular weight is 300 g/mol. The zero-order valence-corrected chi connectivity index (χ0v) is 13.6. The van der Waals surface area contributed by atoms with Gasteiger partial charge in [-0.3, -0.25) is 4.79 Å². The van der Waals surface area contributed by atoms with E-state index in [4.69, 9.17) is 0 Å². The molecule has 1 aromatic heterocycles. The number of carbonyl (C=O) groups is 1. The summed E-state index contributed by atoms with van der Waals surface area (Å²) in [5.74, 6) is -0.0436. The first-order chi connectivity index (χ1) is 9.91. The fourth-order valence-corrected chi connectivity index (χ4v) is 3.58. The third-order valence-corrected chi connectivity index (χ3v) is 5.57. The summed E-state index contributed by atoms with van der Waals surface area (Å²) < 4.78 is 0. The highest BCUT2D eigenvalue weighted by atomic mass is 32.1. The first-order valence-electron chi connectivity index (χ1n) is 7.13. The SMILES string of the molecule is C[C@H]1N(C)c2cc(NC(=O)c3cccs3)ccc2C1(C)C. The Labute approximate surface area is 129 Å². The zero-order chi connectivity index (χ0) is 15.2. The van der Waals surface area contributed by atoms with E-state index < -0.39 is 0 Å². The summed E-state index contributed by atoms with van der Waals surface area (Å²) in [7, 11) is 2.11. The number of likely N-dealkylation sites (N-methyl/N-ethyl adjacent to an activating group) is 1. The molecule has 1 atom stereocenters. The lowest BCUT2D eigenvalue weighted by atomic mass is 9.81. The number of anilines is 2. The van der Waals surface area contributed by atoms with Crippen molar-refractivity contribution in [3.63, 3.8) is 0 Å². The number of hydrogen-bond acceptors (Lipinski definition) is 3. The number of amides is 1. The van der Waals surface area contributed by atoms with Crippen LogP contribution in [0.15, 0.2) is 35.7 Å². The van der Waals surface area contributed by atoms with E-state index in [2.05, 4.69) is 50.2 Å². The first kappa shape index (κ1) is 14.1. The molecule has 1 aliphatic heterocycles. The van der Waals surface area contributed by atoms with Crippen LogP contribution in [-0.2, 0) is 5.41 Å². The summed E-state index contributed by atoms with van der Waals surface area (Å²) in [6, 6.07) is 10.4. The van der Waals surface area contributed by atoms with E-state index in [-0.39, 0.29) is 11.3 Å². The second-order valence-corrected chi connectivity index (χ2v) is 7.12. The van der Waals surface area contributed by atoms with Gasteiger partial charge in [-0.1, -0.05) is 26.0 Å². The minimum Gasteiger partial charge on any atom is -0.371 e. The van der Waals surface area contributed by atoms with Crippen molar-refractivity contribution in [1.29, 1.82) is 0 Å². The van der Waals surface area contributed by atoms with E-state index in [1.165, 1.54) is 22.6 Å². The molecule has 1 aliphatic rings. The molecule has 0 bridgehead atoms. The second kappa shape index (κ2) is 4.88. The number of fused-ring (bicyclic) bond motifs is 1. The third kappa shape index (κ3) is 2.23. The molecule has 1 aromatic carbocycles. The monoisotopic (exact) mass is 300 g/mol. The molecule has 0 spiro atoms. The number of thiophene rings is 1. The molecule has 110 valence electrons. The van der Waals surface area contributed by atoms with Crippen LogP contribution in [0.5, 0.6) is 0 Å². The van der Waals surface area contributed by atoms with Gasteiger partial charge >= 0.3 is 0 Å². The van der Waals surface area contributed by atoms with Crippen molar-refractivity contribution in [2.75, 3.05) is 17.3 Å². The maximum atomic E-state index is 12.1.